The molecule has 5 nitrogen and oxygen atoms in total. The van der Waals surface area contributed by atoms with Crippen molar-refractivity contribution < 1.29 is 4.42 Å². The first-order valence-electron chi connectivity index (χ1n) is 19.0. The maximum absolute atomic E-state index is 6.52. The van der Waals surface area contributed by atoms with Crippen LogP contribution in [-0.4, -0.2) is 19.5 Å². The molecule has 0 radical (unpaired) electrons. The van der Waals surface area contributed by atoms with Gasteiger partial charge in [-0.15, -0.1) is 11.3 Å². The van der Waals surface area contributed by atoms with Crippen LogP contribution in [0.2, 0.25) is 0 Å². The third-order valence-electron chi connectivity index (χ3n) is 11.1. The second kappa shape index (κ2) is 12.6. The van der Waals surface area contributed by atoms with Gasteiger partial charge >= 0.3 is 0 Å². The van der Waals surface area contributed by atoms with E-state index in [-0.39, 0.29) is 0 Å². The molecular formula is C51H30N4OS. The average Bonchev–Trinajstić information content (AvgIpc) is 3.96. The summed E-state index contributed by atoms with van der Waals surface area (Å²) in [5.41, 5.74) is 10.4. The first-order valence-corrected chi connectivity index (χ1v) is 19.8. The molecule has 0 aliphatic heterocycles. The summed E-state index contributed by atoms with van der Waals surface area (Å²) in [6.07, 6.45) is 0. The molecule has 0 saturated carbocycles. The van der Waals surface area contributed by atoms with Crippen LogP contribution in [0.4, 0.5) is 0 Å². The second-order valence-corrected chi connectivity index (χ2v) is 15.4. The van der Waals surface area contributed by atoms with Gasteiger partial charge in [-0.1, -0.05) is 127 Å². The third kappa shape index (κ3) is 5.04. The first kappa shape index (κ1) is 31.9. The largest absolute Gasteiger partial charge is 0.456 e. The summed E-state index contributed by atoms with van der Waals surface area (Å²) >= 11 is 1.78. The number of fused-ring (bicyclic) bond motifs is 9. The highest BCUT2D eigenvalue weighted by Crippen LogP contribution is 2.43. The topological polar surface area (TPSA) is 56.7 Å². The normalized spacial score (nSPS) is 11.9. The van der Waals surface area contributed by atoms with Gasteiger partial charge in [-0.05, 0) is 65.7 Å². The summed E-state index contributed by atoms with van der Waals surface area (Å²) in [5, 5.41) is 7.06. The highest BCUT2D eigenvalue weighted by Gasteiger charge is 2.20. The summed E-state index contributed by atoms with van der Waals surface area (Å²) in [4.78, 5) is 15.1. The Bertz CT molecular complexity index is 3420. The molecular weight excluding hydrogens is 717 g/mol. The molecule has 0 spiro atoms. The van der Waals surface area contributed by atoms with Crippen LogP contribution in [0.25, 0.3) is 115 Å². The van der Waals surface area contributed by atoms with E-state index in [9.17, 15) is 0 Å². The average molecular weight is 747 g/mol. The van der Waals surface area contributed by atoms with E-state index in [4.69, 9.17) is 19.4 Å². The minimum absolute atomic E-state index is 0.656. The molecule has 12 aromatic rings. The SMILES string of the molecule is c1ccc(-c2nc(-c3ccccc3)nc(-c3cccc4c3sc3ccc(-c5ccc6oc7cccc(-n8c9ccccc9c9ccccc98)c7c6c5)cc34)n2)cc1. The number of para-hydroxylation sites is 2. The summed E-state index contributed by atoms with van der Waals surface area (Å²) in [5.74, 6) is 1.98. The smallest absolute Gasteiger partial charge is 0.165 e. The number of rotatable bonds is 5. The number of hydrogen-bond donors (Lipinski definition) is 0. The van der Waals surface area contributed by atoms with Crippen molar-refractivity contribution in [3.8, 4) is 51.0 Å². The van der Waals surface area contributed by atoms with Gasteiger partial charge in [0.15, 0.2) is 17.5 Å². The molecule has 0 unspecified atom stereocenters. The molecule has 0 atom stereocenters. The minimum atomic E-state index is 0.656. The van der Waals surface area contributed by atoms with Crippen molar-refractivity contribution in [2.45, 2.75) is 0 Å². The van der Waals surface area contributed by atoms with Gasteiger partial charge in [0.2, 0.25) is 0 Å². The van der Waals surface area contributed by atoms with Crippen molar-refractivity contribution in [2.24, 2.45) is 0 Å². The summed E-state index contributed by atoms with van der Waals surface area (Å²) in [6.45, 7) is 0. The maximum Gasteiger partial charge on any atom is 0.165 e. The zero-order valence-electron chi connectivity index (χ0n) is 30.4. The zero-order valence-corrected chi connectivity index (χ0v) is 31.2. The number of hydrogen-bond acceptors (Lipinski definition) is 5. The van der Waals surface area contributed by atoms with E-state index in [2.05, 4.69) is 126 Å². The lowest BCUT2D eigenvalue weighted by molar-refractivity contribution is 0.669. The maximum atomic E-state index is 6.52. The quantitative estimate of drug-likeness (QED) is 0.176. The van der Waals surface area contributed by atoms with Gasteiger partial charge in [-0.25, -0.2) is 15.0 Å². The fourth-order valence-electron chi connectivity index (χ4n) is 8.44. The Hall–Kier alpha value is -7.41. The molecule has 0 saturated heterocycles. The van der Waals surface area contributed by atoms with Crippen molar-refractivity contribution >= 4 is 75.3 Å². The monoisotopic (exact) mass is 746 g/mol. The predicted molar refractivity (Wildman–Crippen MR) is 236 cm³/mol. The Kier molecular flexibility index (Phi) is 7.03. The molecule has 0 aliphatic rings. The molecule has 0 N–H and O–H groups in total. The van der Waals surface area contributed by atoms with E-state index in [1.165, 1.54) is 37.3 Å². The molecule has 12 rings (SSSR count). The standard InChI is InChI=1S/C51H30N4OS/c1-3-13-31(14-4-1)49-52-50(32-15-5-2-6-16-32)54-51(53-49)38-20-11-19-37-39-29-34(26-28-46(39)57-48(37)38)33-25-27-44-40(30-33)47-43(23-12-24-45(47)56-44)55-41-21-9-7-17-35(41)36-18-8-10-22-42(36)55/h1-30H. The molecule has 0 amide bonds. The van der Waals surface area contributed by atoms with Crippen LogP contribution < -0.4 is 0 Å². The molecule has 4 heterocycles. The van der Waals surface area contributed by atoms with E-state index < -0.39 is 0 Å². The van der Waals surface area contributed by atoms with E-state index in [0.29, 0.717) is 17.5 Å². The van der Waals surface area contributed by atoms with Crippen LogP contribution in [0, 0.1) is 0 Å². The highest BCUT2D eigenvalue weighted by atomic mass is 32.1. The lowest BCUT2D eigenvalue weighted by atomic mass is 10.00. The van der Waals surface area contributed by atoms with Crippen molar-refractivity contribution in [3.63, 3.8) is 0 Å². The van der Waals surface area contributed by atoms with Crippen LogP contribution in [0.3, 0.4) is 0 Å². The number of furan rings is 1. The van der Waals surface area contributed by atoms with Crippen molar-refractivity contribution in [3.05, 3.63) is 182 Å². The fraction of sp³-hybridized carbons (Fsp3) is 0. The lowest BCUT2D eigenvalue weighted by Gasteiger charge is -2.10. The Morgan fingerprint density at radius 3 is 1.68 bits per heavy atom. The number of nitrogens with zero attached hydrogens (tertiary/aromatic N) is 4. The van der Waals surface area contributed by atoms with Gasteiger partial charge in [-0.3, -0.25) is 0 Å². The summed E-state index contributed by atoms with van der Waals surface area (Å²) in [6, 6.07) is 63.8. The van der Waals surface area contributed by atoms with Gasteiger partial charge in [-0.2, -0.15) is 0 Å². The molecule has 6 heteroatoms. The van der Waals surface area contributed by atoms with E-state index >= 15 is 0 Å². The molecule has 0 fully saturated rings. The highest BCUT2D eigenvalue weighted by molar-refractivity contribution is 7.26. The molecule has 57 heavy (non-hydrogen) atoms. The van der Waals surface area contributed by atoms with Gasteiger partial charge in [0.1, 0.15) is 11.2 Å². The first-order chi connectivity index (χ1) is 28.2. The van der Waals surface area contributed by atoms with Gasteiger partial charge < -0.3 is 8.98 Å². The van der Waals surface area contributed by atoms with Gasteiger partial charge in [0.25, 0.3) is 0 Å². The Balaban J connectivity index is 1.01. The van der Waals surface area contributed by atoms with E-state index in [0.717, 1.165) is 60.1 Å². The van der Waals surface area contributed by atoms with E-state index in [1.54, 1.807) is 11.3 Å². The summed E-state index contributed by atoms with van der Waals surface area (Å²) in [7, 11) is 0. The van der Waals surface area contributed by atoms with Crippen LogP contribution in [0.15, 0.2) is 186 Å². The molecule has 266 valence electrons. The number of thiophene rings is 1. The Labute approximate surface area is 330 Å². The van der Waals surface area contributed by atoms with Crippen LogP contribution in [0.5, 0.6) is 0 Å². The van der Waals surface area contributed by atoms with Crippen LogP contribution in [-0.2, 0) is 0 Å². The van der Waals surface area contributed by atoms with Crippen LogP contribution >= 0.6 is 11.3 Å². The molecule has 0 aliphatic carbocycles. The lowest BCUT2D eigenvalue weighted by Crippen LogP contribution is -2.00. The predicted octanol–water partition coefficient (Wildman–Crippen LogP) is 13.9. The Morgan fingerprint density at radius 1 is 0.404 bits per heavy atom. The zero-order chi connectivity index (χ0) is 37.5. The van der Waals surface area contributed by atoms with Crippen LogP contribution in [0.1, 0.15) is 0 Å². The van der Waals surface area contributed by atoms with Crippen molar-refractivity contribution in [2.75, 3.05) is 0 Å². The minimum Gasteiger partial charge on any atom is -0.456 e. The second-order valence-electron chi connectivity index (χ2n) is 14.4. The van der Waals surface area contributed by atoms with Crippen molar-refractivity contribution in [1.82, 2.24) is 19.5 Å². The fourth-order valence-corrected chi connectivity index (χ4v) is 9.63. The Morgan fingerprint density at radius 2 is 0.982 bits per heavy atom. The third-order valence-corrected chi connectivity index (χ3v) is 12.3. The van der Waals surface area contributed by atoms with Crippen molar-refractivity contribution in [1.29, 1.82) is 0 Å². The van der Waals surface area contributed by atoms with Gasteiger partial charge in [0, 0.05) is 53.0 Å². The molecule has 4 aromatic heterocycles. The number of benzene rings is 8. The number of aromatic nitrogens is 4. The summed E-state index contributed by atoms with van der Waals surface area (Å²) < 4.78 is 11.3. The van der Waals surface area contributed by atoms with E-state index in [1.807, 2.05) is 60.7 Å². The van der Waals surface area contributed by atoms with Gasteiger partial charge in [0.05, 0.1) is 22.1 Å². The molecule has 8 aromatic carbocycles. The molecule has 0 bridgehead atoms.